The lowest BCUT2D eigenvalue weighted by Crippen LogP contribution is -2.37. The van der Waals surface area contributed by atoms with E-state index in [4.69, 9.17) is 0 Å². The molecule has 0 aliphatic heterocycles. The molecule has 0 saturated heterocycles. The molecule has 0 amide bonds. The summed E-state index contributed by atoms with van der Waals surface area (Å²) < 4.78 is 54.8. The minimum Gasteiger partial charge on any atom is -0.300 e. The summed E-state index contributed by atoms with van der Waals surface area (Å²) in [6.07, 6.45) is 11.9. The second-order valence-corrected chi connectivity index (χ2v) is 16.0. The first kappa shape index (κ1) is 40.6. The monoisotopic (exact) mass is 778 g/mol. The van der Waals surface area contributed by atoms with E-state index in [9.17, 15) is 17.6 Å². The highest BCUT2D eigenvalue weighted by atomic mass is 19.1. The summed E-state index contributed by atoms with van der Waals surface area (Å²) in [6, 6.07) is 49.8. The van der Waals surface area contributed by atoms with E-state index in [0.717, 1.165) is 37.8 Å². The lowest BCUT2D eigenvalue weighted by Gasteiger charge is -2.35. The molecule has 6 aromatic carbocycles. The molecule has 6 aromatic rings. The van der Waals surface area contributed by atoms with E-state index in [1.807, 2.05) is 38.1 Å². The van der Waals surface area contributed by atoms with Crippen LogP contribution in [0.3, 0.4) is 0 Å². The summed E-state index contributed by atoms with van der Waals surface area (Å²) in [5.41, 5.74) is 5.51. The van der Waals surface area contributed by atoms with Crippen LogP contribution in [-0.4, -0.2) is 12.1 Å². The highest BCUT2D eigenvalue weighted by molar-refractivity contribution is 5.37. The van der Waals surface area contributed by atoms with Crippen molar-refractivity contribution in [2.75, 3.05) is 0 Å². The maximum atomic E-state index is 13.7. The Hall–Kier alpha value is -5.56. The van der Waals surface area contributed by atoms with E-state index in [1.54, 1.807) is 0 Å². The zero-order valence-electron chi connectivity index (χ0n) is 33.0. The standard InChI is InChI=1S/2C26H25F2N/c2*1-26(21-16-22(27)18-23(28)17-21)14-12-24(13-15-26)29-25(19-8-4-2-5-9-19)20-10-6-3-7-11-20/h2*2-12,14,16-18,24-25,29H,13,15H2,1H3/t24-,26+;24-,26-/m00/s1. The molecule has 0 bridgehead atoms. The van der Waals surface area contributed by atoms with Crippen LogP contribution in [0.15, 0.2) is 182 Å². The number of halogens is 4. The van der Waals surface area contributed by atoms with Crippen molar-refractivity contribution in [1.82, 2.24) is 10.6 Å². The second-order valence-electron chi connectivity index (χ2n) is 16.0. The van der Waals surface area contributed by atoms with Gasteiger partial charge in [0.1, 0.15) is 23.3 Å². The third-order valence-electron chi connectivity index (χ3n) is 11.7. The molecular formula is C52H50F4N2. The van der Waals surface area contributed by atoms with Gasteiger partial charge in [-0.1, -0.05) is 159 Å². The van der Waals surface area contributed by atoms with Gasteiger partial charge in [0.2, 0.25) is 0 Å². The highest BCUT2D eigenvalue weighted by Crippen LogP contribution is 2.38. The molecule has 2 nitrogen and oxygen atoms in total. The van der Waals surface area contributed by atoms with Crippen molar-refractivity contribution in [2.24, 2.45) is 0 Å². The Morgan fingerprint density at radius 2 is 0.707 bits per heavy atom. The third kappa shape index (κ3) is 10.1. The Balaban J connectivity index is 0.000000177. The first-order chi connectivity index (χ1) is 28.1. The molecule has 0 fully saturated rings. The zero-order chi connectivity index (χ0) is 40.5. The molecule has 0 heterocycles. The molecule has 8 rings (SSSR count). The molecule has 2 aliphatic rings. The van der Waals surface area contributed by atoms with Gasteiger partial charge in [0, 0.05) is 35.0 Å². The Morgan fingerprint density at radius 1 is 0.431 bits per heavy atom. The maximum absolute atomic E-state index is 13.7. The Bertz CT molecular complexity index is 2010. The van der Waals surface area contributed by atoms with Crippen LogP contribution in [0.25, 0.3) is 0 Å². The maximum Gasteiger partial charge on any atom is 0.126 e. The number of rotatable bonds is 10. The smallest absolute Gasteiger partial charge is 0.126 e. The minimum absolute atomic E-state index is 0.0861. The predicted molar refractivity (Wildman–Crippen MR) is 227 cm³/mol. The Morgan fingerprint density at radius 3 is 0.948 bits per heavy atom. The predicted octanol–water partition coefficient (Wildman–Crippen LogP) is 12.6. The second kappa shape index (κ2) is 18.4. The van der Waals surface area contributed by atoms with Crippen molar-refractivity contribution in [3.05, 3.63) is 239 Å². The van der Waals surface area contributed by atoms with Gasteiger partial charge in [-0.15, -0.1) is 0 Å². The van der Waals surface area contributed by atoms with Gasteiger partial charge >= 0.3 is 0 Å². The van der Waals surface area contributed by atoms with E-state index in [2.05, 4.69) is 132 Å². The summed E-state index contributed by atoms with van der Waals surface area (Å²) in [5.74, 6) is -2.10. The summed E-state index contributed by atoms with van der Waals surface area (Å²) in [4.78, 5) is 0. The number of benzene rings is 6. The average Bonchev–Trinajstić information content (AvgIpc) is 3.24. The minimum atomic E-state index is -0.525. The average molecular weight is 779 g/mol. The van der Waals surface area contributed by atoms with Crippen molar-refractivity contribution < 1.29 is 17.6 Å². The van der Waals surface area contributed by atoms with Gasteiger partial charge in [-0.2, -0.15) is 0 Å². The van der Waals surface area contributed by atoms with Gasteiger partial charge in [-0.3, -0.25) is 10.6 Å². The quantitative estimate of drug-likeness (QED) is 0.107. The van der Waals surface area contributed by atoms with Crippen LogP contribution in [-0.2, 0) is 10.8 Å². The molecule has 0 spiro atoms. The molecule has 0 aromatic heterocycles. The molecule has 0 radical (unpaired) electrons. The summed E-state index contributed by atoms with van der Waals surface area (Å²) >= 11 is 0. The largest absolute Gasteiger partial charge is 0.300 e. The molecule has 4 atom stereocenters. The van der Waals surface area contributed by atoms with Crippen LogP contribution in [0.5, 0.6) is 0 Å². The molecule has 0 unspecified atom stereocenters. The van der Waals surface area contributed by atoms with Crippen molar-refractivity contribution in [2.45, 2.75) is 74.5 Å². The third-order valence-corrected chi connectivity index (χ3v) is 11.7. The van der Waals surface area contributed by atoms with Gasteiger partial charge < -0.3 is 0 Å². The topological polar surface area (TPSA) is 24.1 Å². The number of allylic oxidation sites excluding steroid dienone is 2. The normalized spacial score (nSPS) is 21.4. The van der Waals surface area contributed by atoms with Crippen molar-refractivity contribution in [3.63, 3.8) is 0 Å². The van der Waals surface area contributed by atoms with Gasteiger partial charge in [0.05, 0.1) is 12.1 Å². The van der Waals surface area contributed by atoms with Gasteiger partial charge in [-0.25, -0.2) is 17.6 Å². The fourth-order valence-electron chi connectivity index (χ4n) is 8.23. The van der Waals surface area contributed by atoms with Gasteiger partial charge in [-0.05, 0) is 83.3 Å². The fraction of sp³-hybridized carbons (Fsp3) is 0.231. The molecule has 58 heavy (non-hydrogen) atoms. The number of hydrogen-bond donors (Lipinski definition) is 2. The van der Waals surface area contributed by atoms with Crippen LogP contribution in [0.2, 0.25) is 0 Å². The Labute approximate surface area is 340 Å². The summed E-state index contributed by atoms with van der Waals surface area (Å²) in [7, 11) is 0. The van der Waals surface area contributed by atoms with Crippen LogP contribution in [0.4, 0.5) is 17.6 Å². The van der Waals surface area contributed by atoms with Crippen LogP contribution >= 0.6 is 0 Å². The summed E-state index contributed by atoms with van der Waals surface area (Å²) in [6.45, 7) is 4.08. The van der Waals surface area contributed by atoms with Gasteiger partial charge in [0.15, 0.2) is 0 Å². The van der Waals surface area contributed by atoms with E-state index in [0.29, 0.717) is 11.1 Å². The molecule has 2 aliphatic carbocycles. The molecule has 6 heteroatoms. The molecule has 296 valence electrons. The SMILES string of the molecule is C[C@@]1(c2cc(F)cc(F)c2)C=C[C@H](NC(c2ccccc2)c2ccccc2)CC1.C[C@]1(c2cc(F)cc(F)c2)C=C[C@H](NC(c2ccccc2)c2ccccc2)CC1. The van der Waals surface area contributed by atoms with E-state index in [-0.39, 0.29) is 35.0 Å². The number of hydrogen-bond acceptors (Lipinski definition) is 2. The number of nitrogens with one attached hydrogen (secondary N) is 2. The van der Waals surface area contributed by atoms with Crippen LogP contribution < -0.4 is 10.6 Å². The Kier molecular flexibility index (Phi) is 12.9. The zero-order valence-corrected chi connectivity index (χ0v) is 33.0. The van der Waals surface area contributed by atoms with E-state index >= 15 is 0 Å². The first-order valence-electron chi connectivity index (χ1n) is 20.1. The van der Waals surface area contributed by atoms with E-state index < -0.39 is 23.3 Å². The van der Waals surface area contributed by atoms with E-state index in [1.165, 1.54) is 46.5 Å². The van der Waals surface area contributed by atoms with Crippen molar-refractivity contribution >= 4 is 0 Å². The molecule has 2 N–H and O–H groups in total. The summed E-state index contributed by atoms with van der Waals surface area (Å²) in [5, 5.41) is 7.53. The van der Waals surface area contributed by atoms with Crippen molar-refractivity contribution in [3.8, 4) is 0 Å². The van der Waals surface area contributed by atoms with Crippen molar-refractivity contribution in [1.29, 1.82) is 0 Å². The highest BCUT2D eigenvalue weighted by Gasteiger charge is 2.32. The lowest BCUT2D eigenvalue weighted by molar-refractivity contribution is 0.409. The lowest BCUT2D eigenvalue weighted by atomic mass is 9.74. The first-order valence-corrected chi connectivity index (χ1v) is 20.1. The molecular weight excluding hydrogens is 729 g/mol. The molecule has 0 saturated carbocycles. The van der Waals surface area contributed by atoms with Crippen LogP contribution in [0.1, 0.15) is 85.0 Å². The van der Waals surface area contributed by atoms with Crippen LogP contribution in [0, 0.1) is 23.3 Å². The van der Waals surface area contributed by atoms with Gasteiger partial charge in [0.25, 0.3) is 0 Å². The fourth-order valence-corrected chi connectivity index (χ4v) is 8.23.